The zero-order valence-electron chi connectivity index (χ0n) is 14.1. The van der Waals surface area contributed by atoms with Gasteiger partial charge in [0.05, 0.1) is 10.9 Å². The second-order valence-corrected chi connectivity index (χ2v) is 9.30. The molecule has 1 unspecified atom stereocenters. The van der Waals surface area contributed by atoms with Crippen LogP contribution in [0.25, 0.3) is 0 Å². The average molecular weight is 377 g/mol. The normalized spacial score (nSPS) is 17.2. The summed E-state index contributed by atoms with van der Waals surface area (Å²) >= 11 is 1.80. The summed E-state index contributed by atoms with van der Waals surface area (Å²) in [7, 11) is -0.526. The van der Waals surface area contributed by atoms with Crippen LogP contribution in [0.3, 0.4) is 0 Å². The number of nitrogens with zero attached hydrogens (tertiary/aromatic N) is 1. The Bertz CT molecular complexity index is 877. The number of carbonyl (C=O) groups excluding carboxylic acids is 1. The van der Waals surface area contributed by atoms with Crippen LogP contribution in [0.5, 0.6) is 0 Å². The molecule has 0 fully saturated rings. The molecule has 132 valence electrons. The molecule has 0 saturated heterocycles. The molecule has 2 aromatic rings. The van der Waals surface area contributed by atoms with E-state index in [1.807, 2.05) is 18.2 Å². The minimum atomic E-state index is -3.49. The van der Waals surface area contributed by atoms with E-state index in [-0.39, 0.29) is 16.8 Å². The van der Waals surface area contributed by atoms with E-state index in [9.17, 15) is 13.2 Å². The van der Waals surface area contributed by atoms with Crippen LogP contribution < -0.4 is 5.32 Å². The molecule has 7 heteroatoms. The van der Waals surface area contributed by atoms with E-state index in [2.05, 4.69) is 11.4 Å². The standard InChI is InChI=1S/C18H20N2O3S2/c1-20(2)25(22,23)14-9-7-13(8-10-14)18(21)19-16-11-12-24-17-6-4-3-5-15(16)17/h3-10,16H,11-12H2,1-2H3,(H,19,21). The van der Waals surface area contributed by atoms with Gasteiger partial charge in [-0.15, -0.1) is 11.8 Å². The van der Waals surface area contributed by atoms with E-state index in [1.54, 1.807) is 23.9 Å². The molecule has 2 aromatic carbocycles. The molecule has 1 atom stereocenters. The van der Waals surface area contributed by atoms with Crippen LogP contribution in [0.4, 0.5) is 0 Å². The molecule has 25 heavy (non-hydrogen) atoms. The lowest BCUT2D eigenvalue weighted by Gasteiger charge is -2.26. The molecule has 1 heterocycles. The monoisotopic (exact) mass is 376 g/mol. The molecule has 1 aliphatic heterocycles. The highest BCUT2D eigenvalue weighted by Gasteiger charge is 2.23. The number of carbonyl (C=O) groups is 1. The Hall–Kier alpha value is -1.83. The van der Waals surface area contributed by atoms with Gasteiger partial charge in [0.2, 0.25) is 10.0 Å². The van der Waals surface area contributed by atoms with Crippen LogP contribution in [-0.4, -0.2) is 38.5 Å². The smallest absolute Gasteiger partial charge is 0.251 e. The minimum absolute atomic E-state index is 0.0184. The fourth-order valence-corrected chi connectivity index (χ4v) is 4.75. The lowest BCUT2D eigenvalue weighted by Crippen LogP contribution is -2.30. The molecule has 1 aliphatic rings. The summed E-state index contributed by atoms with van der Waals surface area (Å²) in [5.41, 5.74) is 1.59. The van der Waals surface area contributed by atoms with Gasteiger partial charge in [0.1, 0.15) is 0 Å². The maximum Gasteiger partial charge on any atom is 0.251 e. The third kappa shape index (κ3) is 3.73. The SMILES string of the molecule is CN(C)S(=O)(=O)c1ccc(C(=O)NC2CCSc3ccccc32)cc1. The highest BCUT2D eigenvalue weighted by molar-refractivity contribution is 7.99. The predicted molar refractivity (Wildman–Crippen MR) is 99.3 cm³/mol. The lowest BCUT2D eigenvalue weighted by atomic mass is 10.0. The molecule has 1 N–H and O–H groups in total. The first-order chi connectivity index (χ1) is 11.9. The zero-order valence-corrected chi connectivity index (χ0v) is 15.7. The highest BCUT2D eigenvalue weighted by atomic mass is 32.2. The number of amides is 1. The van der Waals surface area contributed by atoms with Gasteiger partial charge < -0.3 is 5.32 Å². The van der Waals surface area contributed by atoms with Gasteiger partial charge in [0.15, 0.2) is 0 Å². The van der Waals surface area contributed by atoms with Crippen LogP contribution in [0.15, 0.2) is 58.3 Å². The van der Waals surface area contributed by atoms with Crippen molar-refractivity contribution in [1.82, 2.24) is 9.62 Å². The topological polar surface area (TPSA) is 66.5 Å². The van der Waals surface area contributed by atoms with Crippen molar-refractivity contribution in [1.29, 1.82) is 0 Å². The molecule has 0 spiro atoms. The predicted octanol–water partition coefficient (Wildman–Crippen LogP) is 2.90. The van der Waals surface area contributed by atoms with Crippen molar-refractivity contribution in [3.63, 3.8) is 0 Å². The van der Waals surface area contributed by atoms with Crippen molar-refractivity contribution in [3.05, 3.63) is 59.7 Å². The lowest BCUT2D eigenvalue weighted by molar-refractivity contribution is 0.0935. The number of nitrogens with one attached hydrogen (secondary N) is 1. The second kappa shape index (κ2) is 7.19. The Morgan fingerprint density at radius 1 is 1.12 bits per heavy atom. The molecular weight excluding hydrogens is 356 g/mol. The maximum absolute atomic E-state index is 12.5. The molecule has 5 nitrogen and oxygen atoms in total. The summed E-state index contributed by atoms with van der Waals surface area (Å²) in [6, 6.07) is 14.1. The first-order valence-electron chi connectivity index (χ1n) is 7.95. The molecule has 0 saturated carbocycles. The Balaban J connectivity index is 1.77. The first-order valence-corrected chi connectivity index (χ1v) is 10.4. The Kier molecular flexibility index (Phi) is 5.17. The average Bonchev–Trinajstić information content (AvgIpc) is 2.62. The van der Waals surface area contributed by atoms with Crippen molar-refractivity contribution >= 4 is 27.7 Å². The van der Waals surface area contributed by atoms with E-state index in [1.165, 1.54) is 31.1 Å². The third-order valence-corrected chi connectivity index (χ3v) is 7.11. The summed E-state index contributed by atoms with van der Waals surface area (Å²) in [6.07, 6.45) is 0.876. The Labute approximate surface area is 152 Å². The maximum atomic E-state index is 12.5. The zero-order chi connectivity index (χ0) is 18.0. The van der Waals surface area contributed by atoms with Gasteiger partial charge in [-0.3, -0.25) is 4.79 Å². The van der Waals surface area contributed by atoms with Gasteiger partial charge in [0.25, 0.3) is 5.91 Å². The Morgan fingerprint density at radius 2 is 1.80 bits per heavy atom. The first kappa shape index (κ1) is 18.0. The molecule has 0 aromatic heterocycles. The quantitative estimate of drug-likeness (QED) is 0.891. The summed E-state index contributed by atoms with van der Waals surface area (Å²) < 4.78 is 25.3. The van der Waals surface area contributed by atoms with Gasteiger partial charge in [0, 0.05) is 30.3 Å². The minimum Gasteiger partial charge on any atom is -0.345 e. The van der Waals surface area contributed by atoms with Gasteiger partial charge >= 0.3 is 0 Å². The van der Waals surface area contributed by atoms with E-state index in [4.69, 9.17) is 0 Å². The van der Waals surface area contributed by atoms with Crippen LogP contribution in [0, 0.1) is 0 Å². The van der Waals surface area contributed by atoms with Crippen molar-refractivity contribution < 1.29 is 13.2 Å². The molecule has 0 bridgehead atoms. The Morgan fingerprint density at radius 3 is 2.48 bits per heavy atom. The number of hydrogen-bond acceptors (Lipinski definition) is 4. The van der Waals surface area contributed by atoms with E-state index in [0.29, 0.717) is 5.56 Å². The van der Waals surface area contributed by atoms with Crippen LogP contribution in [0.1, 0.15) is 28.4 Å². The fraction of sp³-hybridized carbons (Fsp3) is 0.278. The van der Waals surface area contributed by atoms with Crippen molar-refractivity contribution in [2.75, 3.05) is 19.8 Å². The van der Waals surface area contributed by atoms with Crippen LogP contribution >= 0.6 is 11.8 Å². The van der Waals surface area contributed by atoms with Gasteiger partial charge in [-0.2, -0.15) is 0 Å². The molecule has 3 rings (SSSR count). The van der Waals surface area contributed by atoms with Crippen LogP contribution in [-0.2, 0) is 10.0 Å². The van der Waals surface area contributed by atoms with E-state index >= 15 is 0 Å². The fourth-order valence-electron chi connectivity index (χ4n) is 2.72. The van der Waals surface area contributed by atoms with E-state index in [0.717, 1.165) is 22.0 Å². The number of rotatable bonds is 4. The van der Waals surface area contributed by atoms with Gasteiger partial charge in [-0.1, -0.05) is 18.2 Å². The van der Waals surface area contributed by atoms with E-state index < -0.39 is 10.0 Å². The number of benzene rings is 2. The molecule has 0 radical (unpaired) electrons. The van der Waals surface area contributed by atoms with Crippen molar-refractivity contribution in [3.8, 4) is 0 Å². The summed E-state index contributed by atoms with van der Waals surface area (Å²) in [5, 5.41) is 3.06. The van der Waals surface area contributed by atoms with Gasteiger partial charge in [-0.05, 0) is 42.3 Å². The van der Waals surface area contributed by atoms with Gasteiger partial charge in [-0.25, -0.2) is 12.7 Å². The number of hydrogen-bond donors (Lipinski definition) is 1. The largest absolute Gasteiger partial charge is 0.345 e. The van der Waals surface area contributed by atoms with Crippen molar-refractivity contribution in [2.24, 2.45) is 0 Å². The third-order valence-electron chi connectivity index (χ3n) is 4.16. The number of thioether (sulfide) groups is 1. The molecular formula is C18H20N2O3S2. The van der Waals surface area contributed by atoms with Crippen LogP contribution in [0.2, 0.25) is 0 Å². The number of fused-ring (bicyclic) bond motifs is 1. The second-order valence-electron chi connectivity index (χ2n) is 6.01. The molecule has 0 aliphatic carbocycles. The summed E-state index contributed by atoms with van der Waals surface area (Å²) in [4.78, 5) is 13.9. The highest BCUT2D eigenvalue weighted by Crippen LogP contribution is 2.35. The summed E-state index contributed by atoms with van der Waals surface area (Å²) in [5.74, 6) is 0.766. The number of sulfonamides is 1. The molecule has 1 amide bonds. The summed E-state index contributed by atoms with van der Waals surface area (Å²) in [6.45, 7) is 0. The van der Waals surface area contributed by atoms with Crippen molar-refractivity contribution in [2.45, 2.75) is 22.3 Å².